The van der Waals surface area contributed by atoms with E-state index in [-0.39, 0.29) is 5.76 Å². The highest BCUT2D eigenvalue weighted by atomic mass is 16.4. The van der Waals surface area contributed by atoms with Crippen molar-refractivity contribution < 1.29 is 14.3 Å². The molecule has 76 valence electrons. The van der Waals surface area contributed by atoms with Crippen LogP contribution in [0.15, 0.2) is 22.9 Å². The van der Waals surface area contributed by atoms with Gasteiger partial charge in [0.2, 0.25) is 5.76 Å². The number of furan rings is 1. The first-order valence-corrected chi connectivity index (χ1v) is 4.87. The summed E-state index contributed by atoms with van der Waals surface area (Å²) in [5.41, 5.74) is 1.44. The second kappa shape index (κ2) is 2.82. The minimum Gasteiger partial charge on any atom is -0.475 e. The van der Waals surface area contributed by atoms with E-state index in [1.54, 1.807) is 18.5 Å². The van der Waals surface area contributed by atoms with Gasteiger partial charge in [0.15, 0.2) is 0 Å². The second-order valence-electron chi connectivity index (χ2n) is 3.80. The highest BCUT2D eigenvalue weighted by Crippen LogP contribution is 2.45. The Labute approximate surface area is 85.5 Å². The molecule has 2 aromatic heterocycles. The molecule has 1 aliphatic rings. The number of rotatable bonds is 2. The summed E-state index contributed by atoms with van der Waals surface area (Å²) in [4.78, 5) is 15.0. The number of carbonyl (C=O) groups is 1. The molecule has 0 bridgehead atoms. The first-order chi connectivity index (χ1) is 7.27. The molecule has 2 aromatic rings. The van der Waals surface area contributed by atoms with E-state index in [9.17, 15) is 4.79 Å². The van der Waals surface area contributed by atoms with Crippen LogP contribution in [0.4, 0.5) is 0 Å². The van der Waals surface area contributed by atoms with E-state index in [0.717, 1.165) is 23.8 Å². The molecule has 0 aromatic carbocycles. The van der Waals surface area contributed by atoms with Crippen molar-refractivity contribution in [2.75, 3.05) is 0 Å². The van der Waals surface area contributed by atoms with Gasteiger partial charge in [-0.3, -0.25) is 4.98 Å². The van der Waals surface area contributed by atoms with Crippen LogP contribution in [0.2, 0.25) is 0 Å². The molecule has 4 nitrogen and oxygen atoms in total. The van der Waals surface area contributed by atoms with Gasteiger partial charge in [0.05, 0.1) is 0 Å². The molecule has 4 heteroatoms. The third-order valence-electron chi connectivity index (χ3n) is 2.71. The van der Waals surface area contributed by atoms with Crippen molar-refractivity contribution in [2.45, 2.75) is 18.8 Å². The van der Waals surface area contributed by atoms with E-state index in [2.05, 4.69) is 4.98 Å². The van der Waals surface area contributed by atoms with Crippen molar-refractivity contribution in [1.29, 1.82) is 0 Å². The fourth-order valence-corrected chi connectivity index (χ4v) is 1.90. The third-order valence-corrected chi connectivity index (χ3v) is 2.71. The monoisotopic (exact) mass is 203 g/mol. The van der Waals surface area contributed by atoms with Crippen molar-refractivity contribution in [1.82, 2.24) is 4.98 Å². The zero-order valence-corrected chi connectivity index (χ0v) is 7.93. The van der Waals surface area contributed by atoms with Gasteiger partial charge in [0.1, 0.15) is 5.58 Å². The van der Waals surface area contributed by atoms with Crippen LogP contribution in [-0.2, 0) is 0 Å². The van der Waals surface area contributed by atoms with Crippen LogP contribution in [0.3, 0.4) is 0 Å². The van der Waals surface area contributed by atoms with Crippen molar-refractivity contribution in [2.24, 2.45) is 0 Å². The van der Waals surface area contributed by atoms with E-state index in [1.165, 1.54) is 0 Å². The molecule has 0 radical (unpaired) electrons. The third kappa shape index (κ3) is 1.21. The summed E-state index contributed by atoms with van der Waals surface area (Å²) >= 11 is 0. The van der Waals surface area contributed by atoms with Gasteiger partial charge in [0, 0.05) is 23.3 Å². The number of nitrogens with zero attached hydrogens (tertiary/aromatic N) is 1. The van der Waals surface area contributed by atoms with Crippen LogP contribution in [-0.4, -0.2) is 16.1 Å². The van der Waals surface area contributed by atoms with Crippen LogP contribution in [0.25, 0.3) is 11.0 Å². The number of fused-ring (bicyclic) bond motifs is 1. The highest BCUT2D eigenvalue weighted by Gasteiger charge is 2.33. The first-order valence-electron chi connectivity index (χ1n) is 4.87. The molecule has 0 spiro atoms. The summed E-state index contributed by atoms with van der Waals surface area (Å²) < 4.78 is 5.32. The number of hydrogen-bond acceptors (Lipinski definition) is 3. The van der Waals surface area contributed by atoms with Gasteiger partial charge in [-0.05, 0) is 24.8 Å². The Morgan fingerprint density at radius 3 is 3.00 bits per heavy atom. The molecule has 0 amide bonds. The van der Waals surface area contributed by atoms with Crippen LogP contribution in [0, 0.1) is 0 Å². The molecule has 15 heavy (non-hydrogen) atoms. The molecule has 3 rings (SSSR count). The van der Waals surface area contributed by atoms with Gasteiger partial charge >= 0.3 is 5.97 Å². The maximum absolute atomic E-state index is 11.0. The van der Waals surface area contributed by atoms with Gasteiger partial charge < -0.3 is 9.52 Å². The molecular formula is C11H9NO3. The van der Waals surface area contributed by atoms with Crippen LogP contribution in [0.5, 0.6) is 0 Å². The van der Waals surface area contributed by atoms with Crippen molar-refractivity contribution in [3.63, 3.8) is 0 Å². The van der Waals surface area contributed by atoms with E-state index in [0.29, 0.717) is 11.5 Å². The lowest BCUT2D eigenvalue weighted by Gasteiger charge is -1.94. The minimum absolute atomic E-state index is 0.0838. The molecule has 1 saturated carbocycles. The standard InChI is InChI=1S/C11H9NO3/c13-11(14)10-9(6-1-2-6)7-5-12-4-3-8(7)15-10/h3-6H,1-2H2,(H,13,14). The first kappa shape index (κ1) is 8.47. The van der Waals surface area contributed by atoms with E-state index >= 15 is 0 Å². The lowest BCUT2D eigenvalue weighted by Crippen LogP contribution is -1.97. The molecule has 0 aliphatic heterocycles. The number of pyridine rings is 1. The summed E-state index contributed by atoms with van der Waals surface area (Å²) in [5, 5.41) is 9.87. The average Bonchev–Trinajstić information content (AvgIpc) is 2.98. The van der Waals surface area contributed by atoms with Crippen LogP contribution >= 0.6 is 0 Å². The highest BCUT2D eigenvalue weighted by molar-refractivity contribution is 5.95. The summed E-state index contributed by atoms with van der Waals surface area (Å²) in [6.45, 7) is 0. The zero-order valence-electron chi connectivity index (χ0n) is 7.93. The van der Waals surface area contributed by atoms with Crippen LogP contribution < -0.4 is 0 Å². The fraction of sp³-hybridized carbons (Fsp3) is 0.273. The van der Waals surface area contributed by atoms with Gasteiger partial charge in [-0.15, -0.1) is 0 Å². The Morgan fingerprint density at radius 2 is 2.33 bits per heavy atom. The zero-order chi connectivity index (χ0) is 10.4. The number of aromatic carboxylic acids is 1. The lowest BCUT2D eigenvalue weighted by molar-refractivity contribution is 0.0663. The lowest BCUT2D eigenvalue weighted by atomic mass is 10.1. The summed E-state index contributed by atoms with van der Waals surface area (Å²) in [6.07, 6.45) is 5.38. The normalized spacial score (nSPS) is 15.7. The Hall–Kier alpha value is -1.84. The van der Waals surface area contributed by atoms with E-state index in [4.69, 9.17) is 9.52 Å². The van der Waals surface area contributed by atoms with Crippen molar-refractivity contribution in [3.05, 3.63) is 29.8 Å². The average molecular weight is 203 g/mol. The predicted octanol–water partition coefficient (Wildman–Crippen LogP) is 2.40. The Balaban J connectivity index is 2.33. The van der Waals surface area contributed by atoms with E-state index in [1.807, 2.05) is 0 Å². The van der Waals surface area contributed by atoms with Gasteiger partial charge in [0.25, 0.3) is 0 Å². The summed E-state index contributed by atoms with van der Waals surface area (Å²) in [7, 11) is 0. The van der Waals surface area contributed by atoms with E-state index < -0.39 is 5.97 Å². The Bertz CT molecular complexity index is 540. The number of carboxylic acid groups (broad SMARTS) is 1. The topological polar surface area (TPSA) is 63.3 Å². The maximum Gasteiger partial charge on any atom is 0.372 e. The second-order valence-corrected chi connectivity index (χ2v) is 3.80. The van der Waals surface area contributed by atoms with Crippen molar-refractivity contribution in [3.8, 4) is 0 Å². The SMILES string of the molecule is O=C(O)c1oc2ccncc2c1C1CC1. The van der Waals surface area contributed by atoms with Gasteiger partial charge in [-0.25, -0.2) is 4.79 Å². The smallest absolute Gasteiger partial charge is 0.372 e. The molecule has 2 heterocycles. The molecule has 0 saturated heterocycles. The number of aromatic nitrogens is 1. The Kier molecular flexibility index (Phi) is 1.59. The predicted molar refractivity (Wildman–Crippen MR) is 52.9 cm³/mol. The molecule has 1 N–H and O–H groups in total. The quantitative estimate of drug-likeness (QED) is 0.813. The van der Waals surface area contributed by atoms with Gasteiger partial charge in [-0.2, -0.15) is 0 Å². The Morgan fingerprint density at radius 1 is 1.53 bits per heavy atom. The largest absolute Gasteiger partial charge is 0.475 e. The molecule has 1 fully saturated rings. The molecule has 1 aliphatic carbocycles. The number of carboxylic acids is 1. The molecule has 0 unspecified atom stereocenters. The summed E-state index contributed by atoms with van der Waals surface area (Å²) in [6, 6.07) is 1.70. The van der Waals surface area contributed by atoms with Gasteiger partial charge in [-0.1, -0.05) is 0 Å². The maximum atomic E-state index is 11.0. The van der Waals surface area contributed by atoms with Crippen LogP contribution in [0.1, 0.15) is 34.9 Å². The molecular weight excluding hydrogens is 194 g/mol. The summed E-state index contributed by atoms with van der Waals surface area (Å²) in [5.74, 6) is -0.560. The van der Waals surface area contributed by atoms with Crippen molar-refractivity contribution >= 4 is 16.9 Å². The number of hydrogen-bond donors (Lipinski definition) is 1. The minimum atomic E-state index is -0.992. The fourth-order valence-electron chi connectivity index (χ4n) is 1.90. The molecule has 0 atom stereocenters.